The number of likely N-dealkylation sites (N-methyl/N-ethyl adjacent to an activating group) is 1. The predicted octanol–water partition coefficient (Wildman–Crippen LogP) is 3.57. The number of benzene rings is 1. The van der Waals surface area contributed by atoms with Crippen molar-refractivity contribution >= 4 is 22.8 Å². The maximum absolute atomic E-state index is 4.68. The molecule has 0 spiro atoms. The van der Waals surface area contributed by atoms with Crippen LogP contribution in [-0.2, 0) is 0 Å². The number of hydrogen-bond donors (Lipinski definition) is 1. The lowest BCUT2D eigenvalue weighted by Gasteiger charge is -2.25. The molecule has 0 saturated carbocycles. The highest BCUT2D eigenvalue weighted by molar-refractivity contribution is 7.08. The second kappa shape index (κ2) is 7.23. The summed E-state index contributed by atoms with van der Waals surface area (Å²) in [5.41, 5.74) is 3.04. The fourth-order valence-corrected chi connectivity index (χ4v) is 3.56. The van der Waals surface area contributed by atoms with Crippen LogP contribution in [0.3, 0.4) is 0 Å². The molecule has 26 heavy (non-hydrogen) atoms. The topological polar surface area (TPSA) is 58.3 Å². The third-order valence-corrected chi connectivity index (χ3v) is 5.01. The van der Waals surface area contributed by atoms with Crippen molar-refractivity contribution in [3.05, 3.63) is 64.9 Å². The minimum atomic E-state index is 0.256. The molecule has 132 valence electrons. The van der Waals surface area contributed by atoms with Gasteiger partial charge in [-0.25, -0.2) is 0 Å². The van der Waals surface area contributed by atoms with Crippen molar-refractivity contribution in [2.45, 2.75) is 6.04 Å². The minimum absolute atomic E-state index is 0.256. The molecule has 0 aliphatic heterocycles. The average molecular weight is 364 g/mol. The normalized spacial score (nSPS) is 12.6. The Morgan fingerprint density at radius 1 is 1.08 bits per heavy atom. The Morgan fingerprint density at radius 2 is 1.92 bits per heavy atom. The number of nitrogens with one attached hydrogen (secondary N) is 1. The molecule has 0 aliphatic rings. The zero-order valence-electron chi connectivity index (χ0n) is 14.7. The summed E-state index contributed by atoms with van der Waals surface area (Å²) < 4.78 is 1.79. The molecule has 3 aromatic heterocycles. The SMILES string of the molecule is CN(C)C(CNc1ccc2nnc(-c3ccsc3)n2n1)c1ccccc1. The summed E-state index contributed by atoms with van der Waals surface area (Å²) in [7, 11) is 4.18. The summed E-state index contributed by atoms with van der Waals surface area (Å²) >= 11 is 1.64. The summed E-state index contributed by atoms with van der Waals surface area (Å²) in [5, 5.41) is 20.7. The molecule has 4 aromatic rings. The van der Waals surface area contributed by atoms with Crippen molar-refractivity contribution in [3.63, 3.8) is 0 Å². The van der Waals surface area contributed by atoms with Gasteiger partial charge in [0, 0.05) is 17.5 Å². The van der Waals surface area contributed by atoms with Gasteiger partial charge in [0.25, 0.3) is 0 Å². The zero-order chi connectivity index (χ0) is 17.9. The first-order valence-electron chi connectivity index (χ1n) is 8.42. The van der Waals surface area contributed by atoms with Gasteiger partial charge in [-0.15, -0.1) is 15.3 Å². The van der Waals surface area contributed by atoms with E-state index < -0.39 is 0 Å². The van der Waals surface area contributed by atoms with Gasteiger partial charge in [0.05, 0.1) is 6.04 Å². The van der Waals surface area contributed by atoms with Crippen LogP contribution in [0.15, 0.2) is 59.3 Å². The standard InChI is InChI=1S/C19H20N6S/c1-24(2)16(14-6-4-3-5-7-14)12-20-17-8-9-18-21-22-19(25(18)23-17)15-10-11-26-13-15/h3-11,13,16H,12H2,1-2H3,(H,20,23). The maximum atomic E-state index is 4.68. The van der Waals surface area contributed by atoms with Crippen molar-refractivity contribution < 1.29 is 0 Å². The fourth-order valence-electron chi connectivity index (χ4n) is 2.93. The third kappa shape index (κ3) is 3.31. The Labute approximate surface area is 156 Å². The van der Waals surface area contributed by atoms with Crippen LogP contribution in [0.2, 0.25) is 0 Å². The lowest BCUT2D eigenvalue weighted by Crippen LogP contribution is -2.27. The number of aromatic nitrogens is 4. The molecule has 1 aromatic carbocycles. The predicted molar refractivity (Wildman–Crippen MR) is 105 cm³/mol. The van der Waals surface area contributed by atoms with Crippen LogP contribution in [0.25, 0.3) is 17.0 Å². The molecule has 0 amide bonds. The summed E-state index contributed by atoms with van der Waals surface area (Å²) in [6.07, 6.45) is 0. The molecule has 4 rings (SSSR count). The molecule has 0 bridgehead atoms. The van der Waals surface area contributed by atoms with Crippen molar-refractivity contribution in [1.82, 2.24) is 24.7 Å². The molecule has 1 unspecified atom stereocenters. The molecule has 6 nitrogen and oxygen atoms in total. The van der Waals surface area contributed by atoms with E-state index in [0.29, 0.717) is 0 Å². The van der Waals surface area contributed by atoms with E-state index in [0.717, 1.165) is 29.4 Å². The van der Waals surface area contributed by atoms with Crippen LogP contribution in [0.1, 0.15) is 11.6 Å². The van der Waals surface area contributed by atoms with Gasteiger partial charge in [-0.2, -0.15) is 15.9 Å². The molecule has 1 atom stereocenters. The Bertz CT molecular complexity index is 978. The van der Waals surface area contributed by atoms with Gasteiger partial charge in [-0.05, 0) is 43.2 Å². The fraction of sp³-hybridized carbons (Fsp3) is 0.211. The van der Waals surface area contributed by atoms with Gasteiger partial charge in [-0.3, -0.25) is 0 Å². The smallest absolute Gasteiger partial charge is 0.186 e. The molecule has 0 aliphatic carbocycles. The van der Waals surface area contributed by atoms with E-state index in [1.807, 2.05) is 29.6 Å². The van der Waals surface area contributed by atoms with E-state index in [2.05, 4.69) is 69.3 Å². The molecule has 0 saturated heterocycles. The van der Waals surface area contributed by atoms with Gasteiger partial charge < -0.3 is 10.2 Å². The van der Waals surface area contributed by atoms with E-state index in [1.165, 1.54) is 5.56 Å². The molecule has 0 radical (unpaired) electrons. The van der Waals surface area contributed by atoms with E-state index in [9.17, 15) is 0 Å². The Kier molecular flexibility index (Phi) is 4.64. The number of fused-ring (bicyclic) bond motifs is 1. The van der Waals surface area contributed by atoms with Crippen molar-refractivity contribution in [2.75, 3.05) is 26.0 Å². The van der Waals surface area contributed by atoms with Crippen LogP contribution in [0, 0.1) is 0 Å². The van der Waals surface area contributed by atoms with Crippen molar-refractivity contribution in [3.8, 4) is 11.4 Å². The Balaban J connectivity index is 1.58. The number of thiophene rings is 1. The first-order chi connectivity index (χ1) is 12.7. The van der Waals surface area contributed by atoms with E-state index in [1.54, 1.807) is 15.9 Å². The summed E-state index contributed by atoms with van der Waals surface area (Å²) in [6.45, 7) is 0.755. The first-order valence-corrected chi connectivity index (χ1v) is 9.37. The number of hydrogen-bond acceptors (Lipinski definition) is 6. The minimum Gasteiger partial charge on any atom is -0.367 e. The van der Waals surface area contributed by atoms with E-state index in [-0.39, 0.29) is 6.04 Å². The highest BCUT2D eigenvalue weighted by atomic mass is 32.1. The molecule has 1 N–H and O–H groups in total. The van der Waals surface area contributed by atoms with Gasteiger partial charge in [0.2, 0.25) is 0 Å². The lowest BCUT2D eigenvalue weighted by atomic mass is 10.1. The number of anilines is 1. The van der Waals surface area contributed by atoms with Crippen LogP contribution in [0.4, 0.5) is 5.82 Å². The quantitative estimate of drug-likeness (QED) is 0.567. The third-order valence-electron chi connectivity index (χ3n) is 4.33. The van der Waals surface area contributed by atoms with Crippen molar-refractivity contribution in [1.29, 1.82) is 0 Å². The second-order valence-corrected chi connectivity index (χ2v) is 7.08. The Hall–Kier alpha value is -2.77. The van der Waals surface area contributed by atoms with Crippen molar-refractivity contribution in [2.24, 2.45) is 0 Å². The number of rotatable bonds is 6. The zero-order valence-corrected chi connectivity index (χ0v) is 15.5. The lowest BCUT2D eigenvalue weighted by molar-refractivity contribution is 0.311. The van der Waals surface area contributed by atoms with Gasteiger partial charge in [0.15, 0.2) is 11.5 Å². The summed E-state index contributed by atoms with van der Waals surface area (Å²) in [4.78, 5) is 2.20. The Morgan fingerprint density at radius 3 is 2.65 bits per heavy atom. The largest absolute Gasteiger partial charge is 0.367 e. The summed E-state index contributed by atoms with van der Waals surface area (Å²) in [5.74, 6) is 1.56. The molecule has 7 heteroatoms. The molecule has 0 fully saturated rings. The van der Waals surface area contributed by atoms with Gasteiger partial charge >= 0.3 is 0 Å². The van der Waals surface area contributed by atoms with Crippen LogP contribution >= 0.6 is 11.3 Å². The second-order valence-electron chi connectivity index (χ2n) is 6.30. The molecule has 3 heterocycles. The van der Waals surface area contributed by atoms with Gasteiger partial charge in [0.1, 0.15) is 5.82 Å². The number of nitrogens with zero attached hydrogens (tertiary/aromatic N) is 5. The van der Waals surface area contributed by atoms with Crippen LogP contribution < -0.4 is 5.32 Å². The summed E-state index contributed by atoms with van der Waals surface area (Å²) in [6, 6.07) is 16.6. The molecular weight excluding hydrogens is 344 g/mol. The highest BCUT2D eigenvalue weighted by Gasteiger charge is 2.15. The maximum Gasteiger partial charge on any atom is 0.186 e. The molecular formula is C19H20N6S. The van der Waals surface area contributed by atoms with Gasteiger partial charge in [-0.1, -0.05) is 30.3 Å². The van der Waals surface area contributed by atoms with E-state index in [4.69, 9.17) is 0 Å². The highest BCUT2D eigenvalue weighted by Crippen LogP contribution is 2.22. The van der Waals surface area contributed by atoms with Crippen LogP contribution in [-0.4, -0.2) is 45.4 Å². The van der Waals surface area contributed by atoms with E-state index >= 15 is 0 Å². The monoisotopic (exact) mass is 364 g/mol. The van der Waals surface area contributed by atoms with Crippen LogP contribution in [0.5, 0.6) is 0 Å². The first kappa shape index (κ1) is 16.7. The average Bonchev–Trinajstić information content (AvgIpc) is 3.31.